The molecule has 3 aromatic heterocycles. The third-order valence-electron chi connectivity index (χ3n) is 5.67. The molecule has 1 saturated heterocycles. The van der Waals surface area contributed by atoms with E-state index in [4.69, 9.17) is 20.4 Å². The third-order valence-corrected chi connectivity index (χ3v) is 5.67. The average molecular weight is 380 g/mol. The molecule has 0 saturated carbocycles. The van der Waals surface area contributed by atoms with Gasteiger partial charge in [0.2, 0.25) is 0 Å². The standard InChI is InChI=1S/C19H24N8O/c1-26(14-6-9-28-11-12(14)20)16-10-22-17-18(23-16)24-25-19(17)27-8-3-4-13-15(27)5-2-7-21-13/h2,5,7,10,12,14H,3-4,6,8-9,11,20H2,1H3,(H,23,24,25)/t12-,14+/m0/s1. The Balaban J connectivity index is 1.48. The molecule has 0 unspecified atom stereocenters. The molecule has 1 fully saturated rings. The number of hydrogen-bond donors (Lipinski definition) is 2. The highest BCUT2D eigenvalue weighted by Crippen LogP contribution is 2.34. The number of nitrogens with two attached hydrogens (primary N) is 1. The van der Waals surface area contributed by atoms with Crippen molar-refractivity contribution < 1.29 is 4.74 Å². The number of hydrogen-bond acceptors (Lipinski definition) is 8. The van der Waals surface area contributed by atoms with Crippen LogP contribution >= 0.6 is 0 Å². The van der Waals surface area contributed by atoms with Gasteiger partial charge in [-0.15, -0.1) is 0 Å². The lowest BCUT2D eigenvalue weighted by Gasteiger charge is -2.36. The smallest absolute Gasteiger partial charge is 0.183 e. The highest BCUT2D eigenvalue weighted by Gasteiger charge is 2.28. The Morgan fingerprint density at radius 2 is 2.29 bits per heavy atom. The molecule has 0 amide bonds. The highest BCUT2D eigenvalue weighted by atomic mass is 16.5. The summed E-state index contributed by atoms with van der Waals surface area (Å²) < 4.78 is 5.45. The fraction of sp³-hybridized carbons (Fsp3) is 0.474. The molecule has 0 radical (unpaired) electrons. The highest BCUT2D eigenvalue weighted by molar-refractivity contribution is 5.87. The number of fused-ring (bicyclic) bond motifs is 2. The molecule has 5 heterocycles. The normalized spacial score (nSPS) is 22.3. The molecule has 28 heavy (non-hydrogen) atoms. The van der Waals surface area contributed by atoms with Crippen LogP contribution in [-0.4, -0.2) is 64.0 Å². The van der Waals surface area contributed by atoms with Crippen molar-refractivity contribution in [3.8, 4) is 0 Å². The summed E-state index contributed by atoms with van der Waals surface area (Å²) in [6, 6.07) is 4.19. The quantitative estimate of drug-likeness (QED) is 0.701. The van der Waals surface area contributed by atoms with E-state index in [0.717, 1.165) is 60.9 Å². The largest absolute Gasteiger partial charge is 0.380 e. The number of pyridine rings is 1. The molecule has 3 N–H and O–H groups in total. The number of nitrogens with one attached hydrogen (secondary N) is 1. The predicted molar refractivity (Wildman–Crippen MR) is 107 cm³/mol. The van der Waals surface area contributed by atoms with Crippen LogP contribution in [0.5, 0.6) is 0 Å². The first-order chi connectivity index (χ1) is 13.7. The summed E-state index contributed by atoms with van der Waals surface area (Å²) in [7, 11) is 2.01. The molecular formula is C19H24N8O. The van der Waals surface area contributed by atoms with E-state index in [1.54, 1.807) is 6.20 Å². The Morgan fingerprint density at radius 1 is 1.36 bits per heavy atom. The van der Waals surface area contributed by atoms with Crippen LogP contribution in [0.2, 0.25) is 0 Å². The molecule has 0 spiro atoms. The van der Waals surface area contributed by atoms with Gasteiger partial charge in [-0.2, -0.15) is 5.10 Å². The lowest BCUT2D eigenvalue weighted by Crippen LogP contribution is -2.52. The van der Waals surface area contributed by atoms with E-state index in [1.165, 1.54) is 0 Å². The maximum Gasteiger partial charge on any atom is 0.183 e. The van der Waals surface area contributed by atoms with Gasteiger partial charge in [-0.1, -0.05) is 0 Å². The van der Waals surface area contributed by atoms with Crippen LogP contribution < -0.4 is 15.5 Å². The van der Waals surface area contributed by atoms with E-state index in [0.29, 0.717) is 12.3 Å². The van der Waals surface area contributed by atoms with E-state index in [1.807, 2.05) is 19.3 Å². The Bertz CT molecular complexity index is 989. The Kier molecular flexibility index (Phi) is 4.33. The molecule has 9 nitrogen and oxygen atoms in total. The zero-order valence-electron chi connectivity index (χ0n) is 15.9. The maximum absolute atomic E-state index is 6.23. The van der Waals surface area contributed by atoms with E-state index < -0.39 is 0 Å². The van der Waals surface area contributed by atoms with Crippen LogP contribution in [0.15, 0.2) is 24.5 Å². The zero-order valence-corrected chi connectivity index (χ0v) is 15.9. The maximum atomic E-state index is 6.23. The van der Waals surface area contributed by atoms with Gasteiger partial charge in [0.25, 0.3) is 0 Å². The number of rotatable bonds is 3. The van der Waals surface area contributed by atoms with Crippen LogP contribution in [0.4, 0.5) is 17.3 Å². The summed E-state index contributed by atoms with van der Waals surface area (Å²) in [5.41, 5.74) is 9.87. The average Bonchev–Trinajstić information content (AvgIpc) is 3.16. The molecule has 9 heteroatoms. The van der Waals surface area contributed by atoms with Crippen LogP contribution in [0.25, 0.3) is 11.2 Å². The topological polar surface area (TPSA) is 109 Å². The first kappa shape index (κ1) is 17.3. The lowest BCUT2D eigenvalue weighted by molar-refractivity contribution is 0.0698. The summed E-state index contributed by atoms with van der Waals surface area (Å²) in [4.78, 5) is 18.2. The summed E-state index contributed by atoms with van der Waals surface area (Å²) in [6.07, 6.45) is 6.55. The number of aryl methyl sites for hydroxylation is 1. The molecule has 2 atom stereocenters. The van der Waals surface area contributed by atoms with Gasteiger partial charge in [-0.3, -0.25) is 10.1 Å². The van der Waals surface area contributed by atoms with Gasteiger partial charge >= 0.3 is 0 Å². The molecule has 5 rings (SSSR count). The number of likely N-dealkylation sites (N-methyl/N-ethyl adjacent to an activating group) is 1. The fourth-order valence-corrected chi connectivity index (χ4v) is 4.15. The Labute approximate surface area is 162 Å². The summed E-state index contributed by atoms with van der Waals surface area (Å²) in [6.45, 7) is 2.18. The molecule has 146 valence electrons. The summed E-state index contributed by atoms with van der Waals surface area (Å²) in [5, 5.41) is 7.59. The van der Waals surface area contributed by atoms with Crippen molar-refractivity contribution >= 4 is 28.5 Å². The first-order valence-corrected chi connectivity index (χ1v) is 9.71. The Hall–Kier alpha value is -2.78. The van der Waals surface area contributed by atoms with E-state index >= 15 is 0 Å². The molecule has 0 aromatic carbocycles. The number of ether oxygens (including phenoxy) is 1. The number of nitrogens with zero attached hydrogens (tertiary/aromatic N) is 6. The van der Waals surface area contributed by atoms with Gasteiger partial charge in [0.15, 0.2) is 17.0 Å². The van der Waals surface area contributed by atoms with Gasteiger partial charge in [0.1, 0.15) is 5.82 Å². The first-order valence-electron chi connectivity index (χ1n) is 9.71. The van der Waals surface area contributed by atoms with E-state index in [2.05, 4.69) is 31.0 Å². The van der Waals surface area contributed by atoms with Crippen molar-refractivity contribution in [2.75, 3.05) is 36.6 Å². The number of aromatic amines is 1. The summed E-state index contributed by atoms with van der Waals surface area (Å²) in [5.74, 6) is 1.58. The molecular weight excluding hydrogens is 356 g/mol. The number of H-pyrrole nitrogens is 1. The van der Waals surface area contributed by atoms with Crippen molar-refractivity contribution in [1.82, 2.24) is 25.1 Å². The van der Waals surface area contributed by atoms with Crippen molar-refractivity contribution in [2.24, 2.45) is 5.73 Å². The van der Waals surface area contributed by atoms with Crippen molar-refractivity contribution in [2.45, 2.75) is 31.3 Å². The minimum atomic E-state index is -0.0362. The van der Waals surface area contributed by atoms with Crippen molar-refractivity contribution in [3.05, 3.63) is 30.2 Å². The van der Waals surface area contributed by atoms with Gasteiger partial charge < -0.3 is 20.3 Å². The minimum Gasteiger partial charge on any atom is -0.380 e. The molecule has 3 aromatic rings. The Morgan fingerprint density at radius 3 is 3.18 bits per heavy atom. The van der Waals surface area contributed by atoms with Gasteiger partial charge in [-0.05, 0) is 31.4 Å². The number of aromatic nitrogens is 5. The van der Waals surface area contributed by atoms with E-state index in [9.17, 15) is 0 Å². The lowest BCUT2D eigenvalue weighted by atomic mass is 10.0. The molecule has 0 bridgehead atoms. The second-order valence-corrected chi connectivity index (χ2v) is 7.40. The molecule has 0 aliphatic carbocycles. The van der Waals surface area contributed by atoms with Crippen LogP contribution in [-0.2, 0) is 11.2 Å². The van der Waals surface area contributed by atoms with Crippen molar-refractivity contribution in [1.29, 1.82) is 0 Å². The predicted octanol–water partition coefficient (Wildman–Crippen LogP) is 1.38. The van der Waals surface area contributed by atoms with E-state index in [-0.39, 0.29) is 12.1 Å². The number of anilines is 3. The fourth-order valence-electron chi connectivity index (χ4n) is 4.15. The van der Waals surface area contributed by atoms with Crippen LogP contribution in [0.1, 0.15) is 18.5 Å². The zero-order chi connectivity index (χ0) is 19.1. The molecule has 2 aliphatic rings. The van der Waals surface area contributed by atoms with Crippen molar-refractivity contribution in [3.63, 3.8) is 0 Å². The third kappa shape index (κ3) is 2.87. The second-order valence-electron chi connectivity index (χ2n) is 7.40. The summed E-state index contributed by atoms with van der Waals surface area (Å²) >= 11 is 0. The monoisotopic (exact) mass is 380 g/mol. The minimum absolute atomic E-state index is 0.0362. The van der Waals surface area contributed by atoms with Gasteiger partial charge in [0.05, 0.1) is 24.2 Å². The van der Waals surface area contributed by atoms with Crippen LogP contribution in [0.3, 0.4) is 0 Å². The SMILES string of the molecule is CN(c1cnc2c(N3CCCc4ncccc43)n[nH]c2n1)[C@@H]1CCOC[C@@H]1N. The second kappa shape index (κ2) is 6.99. The van der Waals surface area contributed by atoms with Gasteiger partial charge in [0, 0.05) is 38.5 Å². The van der Waals surface area contributed by atoms with Crippen LogP contribution in [0, 0.1) is 0 Å². The molecule has 2 aliphatic heterocycles. The van der Waals surface area contributed by atoms with Gasteiger partial charge in [-0.25, -0.2) is 9.97 Å².